The molecule has 1 aromatic rings. The van der Waals surface area contributed by atoms with Crippen LogP contribution in [0.5, 0.6) is 0 Å². The van der Waals surface area contributed by atoms with Crippen molar-refractivity contribution in [1.29, 1.82) is 0 Å². The molecule has 0 heterocycles. The zero-order valence-electron chi connectivity index (χ0n) is 11.7. The van der Waals surface area contributed by atoms with Crippen molar-refractivity contribution < 1.29 is 9.90 Å². The van der Waals surface area contributed by atoms with Crippen LogP contribution in [0.1, 0.15) is 23.7 Å². The second kappa shape index (κ2) is 7.50. The number of carbonyl (C=O) groups is 1. The summed E-state index contributed by atoms with van der Waals surface area (Å²) in [5.74, 6) is -0.900. The van der Waals surface area contributed by atoms with Gasteiger partial charge in [0.05, 0.1) is 11.3 Å². The van der Waals surface area contributed by atoms with Crippen molar-refractivity contribution in [1.82, 2.24) is 4.90 Å². The van der Waals surface area contributed by atoms with Gasteiger partial charge in [0.2, 0.25) is 0 Å². The van der Waals surface area contributed by atoms with Crippen LogP contribution in [0.15, 0.2) is 22.7 Å². The number of halogens is 1. The molecule has 0 aliphatic carbocycles. The molecule has 0 spiro atoms. The average molecular weight is 329 g/mol. The number of hydrogen-bond acceptors (Lipinski definition) is 3. The van der Waals surface area contributed by atoms with Gasteiger partial charge >= 0.3 is 5.97 Å². The average Bonchev–Trinajstić information content (AvgIpc) is 2.34. The van der Waals surface area contributed by atoms with E-state index in [1.807, 2.05) is 20.2 Å². The Balaban J connectivity index is 2.92. The monoisotopic (exact) mass is 328 g/mol. The van der Waals surface area contributed by atoms with Gasteiger partial charge in [-0.1, -0.05) is 6.92 Å². The van der Waals surface area contributed by atoms with Crippen molar-refractivity contribution >= 4 is 27.6 Å². The van der Waals surface area contributed by atoms with Crippen LogP contribution in [-0.2, 0) is 0 Å². The summed E-state index contributed by atoms with van der Waals surface area (Å²) in [4.78, 5) is 15.3. The fraction of sp³-hybridized carbons (Fsp3) is 0.500. The lowest BCUT2D eigenvalue weighted by Gasteiger charge is -2.27. The van der Waals surface area contributed by atoms with Crippen LogP contribution in [-0.4, -0.2) is 49.7 Å². The Bertz CT molecular complexity index is 435. The van der Waals surface area contributed by atoms with Gasteiger partial charge in [0.25, 0.3) is 0 Å². The first-order valence-electron chi connectivity index (χ1n) is 6.38. The zero-order valence-corrected chi connectivity index (χ0v) is 13.3. The molecule has 1 rings (SSSR count). The maximum absolute atomic E-state index is 10.9. The van der Waals surface area contributed by atoms with Crippen molar-refractivity contribution in [2.45, 2.75) is 13.3 Å². The Morgan fingerprint density at radius 2 is 1.95 bits per heavy atom. The maximum atomic E-state index is 10.9. The first-order chi connectivity index (χ1) is 8.95. The van der Waals surface area contributed by atoms with Gasteiger partial charge in [-0.05, 0) is 54.6 Å². The Labute approximate surface area is 123 Å². The van der Waals surface area contributed by atoms with Crippen LogP contribution in [0.2, 0.25) is 0 Å². The lowest BCUT2D eigenvalue weighted by molar-refractivity contribution is 0.0697. The van der Waals surface area contributed by atoms with Gasteiger partial charge in [0, 0.05) is 24.1 Å². The Kier molecular flexibility index (Phi) is 6.31. The standard InChI is InChI=1S/C14H21BrN2O2/c1-4-7-17(9-8-16(2)3)13-6-5-11(14(18)19)10-12(13)15/h5-6,10H,4,7-9H2,1-3H3,(H,18,19). The number of rotatable bonds is 7. The minimum absolute atomic E-state index is 0.305. The van der Waals surface area contributed by atoms with Crippen LogP contribution in [0.25, 0.3) is 0 Å². The van der Waals surface area contributed by atoms with Crippen LogP contribution in [0.3, 0.4) is 0 Å². The number of likely N-dealkylation sites (N-methyl/N-ethyl adjacent to an activating group) is 1. The summed E-state index contributed by atoms with van der Waals surface area (Å²) < 4.78 is 0.833. The van der Waals surface area contributed by atoms with Crippen molar-refractivity contribution in [3.05, 3.63) is 28.2 Å². The quantitative estimate of drug-likeness (QED) is 0.835. The van der Waals surface area contributed by atoms with E-state index in [9.17, 15) is 4.79 Å². The van der Waals surface area contributed by atoms with Gasteiger partial charge in [-0.3, -0.25) is 0 Å². The van der Waals surface area contributed by atoms with Gasteiger partial charge in [-0.2, -0.15) is 0 Å². The van der Waals surface area contributed by atoms with Crippen molar-refractivity contribution in [3.8, 4) is 0 Å². The first kappa shape index (κ1) is 16.0. The number of nitrogens with zero attached hydrogens (tertiary/aromatic N) is 2. The fourth-order valence-electron chi connectivity index (χ4n) is 1.84. The predicted octanol–water partition coefficient (Wildman–Crippen LogP) is 2.93. The molecule has 0 fully saturated rings. The maximum Gasteiger partial charge on any atom is 0.335 e. The molecule has 0 aliphatic heterocycles. The molecule has 0 unspecified atom stereocenters. The lowest BCUT2D eigenvalue weighted by atomic mass is 10.2. The third-order valence-corrected chi connectivity index (χ3v) is 3.48. The van der Waals surface area contributed by atoms with Gasteiger partial charge in [-0.25, -0.2) is 4.79 Å². The molecular formula is C14H21BrN2O2. The van der Waals surface area contributed by atoms with Gasteiger partial charge in [0.15, 0.2) is 0 Å². The van der Waals surface area contributed by atoms with Crippen molar-refractivity contribution in [3.63, 3.8) is 0 Å². The highest BCUT2D eigenvalue weighted by molar-refractivity contribution is 9.10. The Hall–Kier alpha value is -1.07. The minimum Gasteiger partial charge on any atom is -0.478 e. The molecule has 0 saturated carbocycles. The Morgan fingerprint density at radius 1 is 1.26 bits per heavy atom. The summed E-state index contributed by atoms with van der Waals surface area (Å²) in [5, 5.41) is 8.98. The molecule has 4 nitrogen and oxygen atoms in total. The first-order valence-corrected chi connectivity index (χ1v) is 7.17. The van der Waals surface area contributed by atoms with E-state index in [0.29, 0.717) is 5.56 Å². The zero-order chi connectivity index (χ0) is 14.4. The summed E-state index contributed by atoms with van der Waals surface area (Å²) in [6.07, 6.45) is 1.06. The highest BCUT2D eigenvalue weighted by atomic mass is 79.9. The molecule has 0 radical (unpaired) electrons. The van der Waals surface area contributed by atoms with Crippen LogP contribution in [0, 0.1) is 0 Å². The minimum atomic E-state index is -0.900. The summed E-state index contributed by atoms with van der Waals surface area (Å²) in [6.45, 7) is 4.99. The highest BCUT2D eigenvalue weighted by Crippen LogP contribution is 2.27. The Morgan fingerprint density at radius 3 is 2.42 bits per heavy atom. The second-order valence-electron chi connectivity index (χ2n) is 4.76. The number of carboxylic acids is 1. The molecule has 0 atom stereocenters. The summed E-state index contributed by atoms with van der Waals surface area (Å²) in [7, 11) is 4.10. The van der Waals surface area contributed by atoms with E-state index in [1.54, 1.807) is 12.1 Å². The molecule has 0 amide bonds. The normalized spacial score (nSPS) is 10.8. The third kappa shape index (κ3) is 4.84. The van der Waals surface area contributed by atoms with Crippen LogP contribution >= 0.6 is 15.9 Å². The molecule has 19 heavy (non-hydrogen) atoms. The molecule has 0 bridgehead atoms. The molecule has 0 aliphatic rings. The molecule has 5 heteroatoms. The van der Waals surface area contributed by atoms with E-state index in [0.717, 1.165) is 36.2 Å². The van der Waals surface area contributed by atoms with Gasteiger partial charge in [0.1, 0.15) is 0 Å². The molecule has 1 N–H and O–H groups in total. The number of hydrogen-bond donors (Lipinski definition) is 1. The fourth-order valence-corrected chi connectivity index (χ4v) is 2.47. The van der Waals surface area contributed by atoms with E-state index in [2.05, 4.69) is 32.7 Å². The number of aromatic carboxylic acids is 1. The van der Waals surface area contributed by atoms with Crippen molar-refractivity contribution in [2.75, 3.05) is 38.6 Å². The summed E-state index contributed by atoms with van der Waals surface area (Å²) in [5.41, 5.74) is 1.35. The van der Waals surface area contributed by atoms with Crippen molar-refractivity contribution in [2.24, 2.45) is 0 Å². The van der Waals surface area contributed by atoms with Gasteiger partial charge < -0.3 is 14.9 Å². The third-order valence-electron chi connectivity index (χ3n) is 2.85. The van der Waals surface area contributed by atoms with Crippen LogP contribution in [0.4, 0.5) is 5.69 Å². The topological polar surface area (TPSA) is 43.8 Å². The molecule has 1 aromatic carbocycles. The van der Waals surface area contributed by atoms with E-state index >= 15 is 0 Å². The largest absolute Gasteiger partial charge is 0.478 e. The van der Waals surface area contributed by atoms with Crippen LogP contribution < -0.4 is 4.90 Å². The molecule has 0 aromatic heterocycles. The summed E-state index contributed by atoms with van der Waals surface area (Å²) in [6, 6.07) is 5.19. The number of carboxylic acid groups (broad SMARTS) is 1. The molecule has 0 saturated heterocycles. The smallest absolute Gasteiger partial charge is 0.335 e. The van der Waals surface area contributed by atoms with E-state index in [1.165, 1.54) is 0 Å². The highest BCUT2D eigenvalue weighted by Gasteiger charge is 2.12. The second-order valence-corrected chi connectivity index (χ2v) is 5.62. The van der Waals surface area contributed by atoms with E-state index in [4.69, 9.17) is 5.11 Å². The SMILES string of the molecule is CCCN(CCN(C)C)c1ccc(C(=O)O)cc1Br. The van der Waals surface area contributed by atoms with Gasteiger partial charge in [-0.15, -0.1) is 0 Å². The summed E-state index contributed by atoms with van der Waals surface area (Å²) >= 11 is 3.47. The molecular weight excluding hydrogens is 308 g/mol. The predicted molar refractivity (Wildman–Crippen MR) is 82.2 cm³/mol. The van der Waals surface area contributed by atoms with E-state index < -0.39 is 5.97 Å². The number of anilines is 1. The van der Waals surface area contributed by atoms with E-state index in [-0.39, 0.29) is 0 Å². The number of benzene rings is 1. The molecule has 106 valence electrons. The lowest BCUT2D eigenvalue weighted by Crippen LogP contribution is -2.32.